The summed E-state index contributed by atoms with van der Waals surface area (Å²) in [4.78, 5) is 12.2. The second-order valence-electron chi connectivity index (χ2n) is 6.24. The summed E-state index contributed by atoms with van der Waals surface area (Å²) in [7, 11) is 1.75. The van der Waals surface area contributed by atoms with Crippen LogP contribution in [0.15, 0.2) is 12.2 Å². The Labute approximate surface area is 127 Å². The molecule has 0 heterocycles. The number of carbonyl (C=O) groups excluding carboxylic acids is 1. The first-order valence-corrected chi connectivity index (χ1v) is 7.98. The van der Waals surface area contributed by atoms with E-state index in [-0.39, 0.29) is 42.2 Å². The van der Waals surface area contributed by atoms with Crippen molar-refractivity contribution in [2.45, 2.75) is 57.7 Å². The molecule has 0 bridgehead atoms. The molecule has 3 N–H and O–H groups in total. The SMILES string of the molecule is CCC1(CC)C(NC(=O)N[C@@H]2C=C[C@H](CO)C2)CC1OC. The molecule has 0 aromatic rings. The van der Waals surface area contributed by atoms with Gasteiger partial charge in [0.25, 0.3) is 0 Å². The summed E-state index contributed by atoms with van der Waals surface area (Å²) in [6.45, 7) is 4.46. The van der Waals surface area contributed by atoms with Crippen molar-refractivity contribution in [1.82, 2.24) is 10.6 Å². The van der Waals surface area contributed by atoms with Crippen molar-refractivity contribution in [2.24, 2.45) is 11.3 Å². The summed E-state index contributed by atoms with van der Waals surface area (Å²) in [6, 6.07) is 0.0867. The molecule has 2 rings (SSSR count). The molecule has 0 aromatic carbocycles. The zero-order chi connectivity index (χ0) is 15.5. The Morgan fingerprint density at radius 2 is 2.00 bits per heavy atom. The fourth-order valence-corrected chi connectivity index (χ4v) is 3.86. The van der Waals surface area contributed by atoms with Crippen molar-refractivity contribution in [3.05, 3.63) is 12.2 Å². The van der Waals surface area contributed by atoms with Gasteiger partial charge in [0.05, 0.1) is 6.10 Å². The Morgan fingerprint density at radius 3 is 2.52 bits per heavy atom. The predicted octanol–water partition coefficient (Wildman–Crippen LogP) is 1.82. The standard InChI is InChI=1S/C16H28N2O3/c1-4-16(5-2)13(9-14(16)21-3)18-15(20)17-12-7-6-11(8-12)10-19/h6-7,11-14,19H,4-5,8-10H2,1-3H3,(H2,17,18,20)/t11-,12+,13?,14?/m0/s1. The molecule has 0 aliphatic heterocycles. The molecule has 5 heteroatoms. The third-order valence-electron chi connectivity index (χ3n) is 5.41. The molecule has 2 unspecified atom stereocenters. The zero-order valence-corrected chi connectivity index (χ0v) is 13.3. The minimum absolute atomic E-state index is 0.0260. The van der Waals surface area contributed by atoms with Gasteiger partial charge in [-0.2, -0.15) is 0 Å². The molecule has 4 atom stereocenters. The van der Waals surface area contributed by atoms with Crippen LogP contribution in [-0.4, -0.2) is 43.0 Å². The van der Waals surface area contributed by atoms with Crippen LogP contribution in [0.3, 0.4) is 0 Å². The number of amides is 2. The molecule has 1 saturated carbocycles. The van der Waals surface area contributed by atoms with Gasteiger partial charge in [-0.25, -0.2) is 4.79 Å². The van der Waals surface area contributed by atoms with Gasteiger partial charge in [-0.05, 0) is 25.7 Å². The highest BCUT2D eigenvalue weighted by molar-refractivity contribution is 5.75. The normalized spacial score (nSPS) is 33.5. The van der Waals surface area contributed by atoms with Crippen molar-refractivity contribution >= 4 is 6.03 Å². The number of hydrogen-bond donors (Lipinski definition) is 3. The Kier molecular flexibility index (Phi) is 5.27. The van der Waals surface area contributed by atoms with Gasteiger partial charge in [0.2, 0.25) is 0 Å². The van der Waals surface area contributed by atoms with E-state index in [2.05, 4.69) is 24.5 Å². The number of aliphatic hydroxyl groups is 1. The first-order valence-electron chi connectivity index (χ1n) is 7.98. The molecule has 5 nitrogen and oxygen atoms in total. The van der Waals surface area contributed by atoms with Crippen molar-refractivity contribution in [1.29, 1.82) is 0 Å². The maximum absolute atomic E-state index is 12.2. The van der Waals surface area contributed by atoms with Crippen molar-refractivity contribution in [3.63, 3.8) is 0 Å². The summed E-state index contributed by atoms with van der Waals surface area (Å²) in [6.07, 6.45) is 7.84. The Balaban J connectivity index is 1.85. The van der Waals surface area contributed by atoms with Crippen molar-refractivity contribution < 1.29 is 14.6 Å². The lowest BCUT2D eigenvalue weighted by Crippen LogP contribution is -2.65. The first-order chi connectivity index (χ1) is 10.1. The van der Waals surface area contributed by atoms with Crippen LogP contribution in [0, 0.1) is 11.3 Å². The molecule has 0 aromatic heterocycles. The van der Waals surface area contributed by atoms with E-state index in [9.17, 15) is 4.79 Å². The lowest BCUT2D eigenvalue weighted by molar-refractivity contribution is -0.119. The zero-order valence-electron chi connectivity index (χ0n) is 13.3. The number of rotatable bonds is 6. The van der Waals surface area contributed by atoms with Crippen LogP contribution < -0.4 is 10.6 Å². The van der Waals surface area contributed by atoms with Gasteiger partial charge in [-0.1, -0.05) is 26.0 Å². The maximum atomic E-state index is 12.2. The van der Waals surface area contributed by atoms with Crippen LogP contribution in [0.5, 0.6) is 0 Å². The predicted molar refractivity (Wildman–Crippen MR) is 82.0 cm³/mol. The molecule has 2 amide bonds. The van der Waals surface area contributed by atoms with Gasteiger partial charge in [0.15, 0.2) is 0 Å². The van der Waals surface area contributed by atoms with Gasteiger partial charge in [0, 0.05) is 37.1 Å². The lowest BCUT2D eigenvalue weighted by atomic mass is 9.58. The third-order valence-corrected chi connectivity index (χ3v) is 5.41. The van der Waals surface area contributed by atoms with E-state index >= 15 is 0 Å². The Bertz CT molecular complexity index is 393. The molecule has 120 valence electrons. The topological polar surface area (TPSA) is 70.6 Å². The minimum Gasteiger partial charge on any atom is -0.396 e. The Hall–Kier alpha value is -1.07. The van der Waals surface area contributed by atoms with Gasteiger partial charge < -0.3 is 20.5 Å². The maximum Gasteiger partial charge on any atom is 0.315 e. The van der Waals surface area contributed by atoms with Gasteiger partial charge in [0.1, 0.15) is 0 Å². The lowest BCUT2D eigenvalue weighted by Gasteiger charge is -2.55. The van der Waals surface area contributed by atoms with Crippen LogP contribution in [0.1, 0.15) is 39.5 Å². The quantitative estimate of drug-likeness (QED) is 0.655. The summed E-state index contributed by atoms with van der Waals surface area (Å²) < 4.78 is 5.55. The molecule has 2 aliphatic carbocycles. The van der Waals surface area contributed by atoms with Crippen molar-refractivity contribution in [2.75, 3.05) is 13.7 Å². The van der Waals surface area contributed by atoms with E-state index in [1.54, 1.807) is 7.11 Å². The third kappa shape index (κ3) is 3.09. The largest absolute Gasteiger partial charge is 0.396 e. The molecule has 0 radical (unpaired) electrons. The Morgan fingerprint density at radius 1 is 1.29 bits per heavy atom. The average Bonchev–Trinajstić information content (AvgIpc) is 2.92. The van der Waals surface area contributed by atoms with E-state index in [0.717, 1.165) is 25.7 Å². The van der Waals surface area contributed by atoms with E-state index in [1.807, 2.05) is 12.2 Å². The summed E-state index contributed by atoms with van der Waals surface area (Å²) >= 11 is 0. The van der Waals surface area contributed by atoms with Crippen LogP contribution >= 0.6 is 0 Å². The number of hydrogen-bond acceptors (Lipinski definition) is 3. The van der Waals surface area contributed by atoms with Crippen LogP contribution in [0.2, 0.25) is 0 Å². The summed E-state index contributed by atoms with van der Waals surface area (Å²) in [5, 5.41) is 15.2. The van der Waals surface area contributed by atoms with Crippen LogP contribution in [0.4, 0.5) is 4.79 Å². The molecule has 2 aliphatic rings. The molecular formula is C16H28N2O3. The fourth-order valence-electron chi connectivity index (χ4n) is 3.86. The number of ether oxygens (including phenoxy) is 1. The minimum atomic E-state index is -0.117. The van der Waals surface area contributed by atoms with E-state index in [1.165, 1.54) is 0 Å². The van der Waals surface area contributed by atoms with Crippen LogP contribution in [-0.2, 0) is 4.74 Å². The second kappa shape index (κ2) is 6.79. The highest BCUT2D eigenvalue weighted by atomic mass is 16.5. The van der Waals surface area contributed by atoms with Crippen molar-refractivity contribution in [3.8, 4) is 0 Å². The molecular weight excluding hydrogens is 268 g/mol. The van der Waals surface area contributed by atoms with E-state index < -0.39 is 0 Å². The number of methoxy groups -OCH3 is 1. The second-order valence-corrected chi connectivity index (χ2v) is 6.24. The highest BCUT2D eigenvalue weighted by Crippen LogP contribution is 2.48. The monoisotopic (exact) mass is 296 g/mol. The number of nitrogens with one attached hydrogen (secondary N) is 2. The average molecular weight is 296 g/mol. The van der Waals surface area contributed by atoms with Crippen LogP contribution in [0.25, 0.3) is 0 Å². The molecule has 0 spiro atoms. The molecule has 0 saturated heterocycles. The fraction of sp³-hybridized carbons (Fsp3) is 0.812. The van der Waals surface area contributed by atoms with E-state index in [4.69, 9.17) is 9.84 Å². The molecule has 1 fully saturated rings. The number of carbonyl (C=O) groups is 1. The molecule has 21 heavy (non-hydrogen) atoms. The van der Waals surface area contributed by atoms with Gasteiger partial charge in [-0.15, -0.1) is 0 Å². The number of aliphatic hydroxyl groups excluding tert-OH is 1. The smallest absolute Gasteiger partial charge is 0.315 e. The van der Waals surface area contributed by atoms with Gasteiger partial charge >= 0.3 is 6.03 Å². The highest BCUT2D eigenvalue weighted by Gasteiger charge is 2.53. The number of urea groups is 1. The first kappa shape index (κ1) is 16.3. The van der Waals surface area contributed by atoms with E-state index in [0.29, 0.717) is 0 Å². The summed E-state index contributed by atoms with van der Waals surface area (Å²) in [5.41, 5.74) is 0.0608. The van der Waals surface area contributed by atoms with Gasteiger partial charge in [-0.3, -0.25) is 0 Å². The summed E-state index contributed by atoms with van der Waals surface area (Å²) in [5.74, 6) is 0.169.